The van der Waals surface area contributed by atoms with Gasteiger partial charge < -0.3 is 14.4 Å². The van der Waals surface area contributed by atoms with Gasteiger partial charge in [-0.2, -0.15) is 0 Å². The van der Waals surface area contributed by atoms with Gasteiger partial charge >= 0.3 is 0 Å². The predicted octanol–water partition coefficient (Wildman–Crippen LogP) is 2.15. The van der Waals surface area contributed by atoms with Crippen molar-refractivity contribution in [3.8, 4) is 5.75 Å². The minimum Gasteiger partial charge on any atom is -0.496 e. The molecule has 1 heterocycles. The molecule has 0 saturated carbocycles. The van der Waals surface area contributed by atoms with Crippen molar-refractivity contribution in [2.24, 2.45) is 0 Å². The van der Waals surface area contributed by atoms with Gasteiger partial charge in [0.25, 0.3) is 0 Å². The lowest BCUT2D eigenvalue weighted by atomic mass is 10.1. The molecule has 0 radical (unpaired) electrons. The van der Waals surface area contributed by atoms with E-state index in [1.165, 1.54) is 16.8 Å². The van der Waals surface area contributed by atoms with Crippen LogP contribution in [-0.2, 0) is 4.74 Å². The number of morpholine rings is 1. The molecule has 2 rings (SSSR count). The molecule has 0 unspecified atom stereocenters. The van der Waals surface area contributed by atoms with Crippen molar-refractivity contribution in [1.29, 1.82) is 0 Å². The maximum absolute atomic E-state index is 5.37. The summed E-state index contributed by atoms with van der Waals surface area (Å²) in [6.45, 7) is 7.87. The van der Waals surface area contributed by atoms with E-state index in [4.69, 9.17) is 9.47 Å². The van der Waals surface area contributed by atoms with Crippen molar-refractivity contribution in [2.75, 3.05) is 38.3 Å². The molecule has 0 atom stereocenters. The molecule has 1 aromatic rings. The fourth-order valence-corrected chi connectivity index (χ4v) is 2.15. The van der Waals surface area contributed by atoms with Crippen LogP contribution in [0.2, 0.25) is 0 Å². The lowest BCUT2D eigenvalue weighted by Crippen LogP contribution is -2.36. The van der Waals surface area contributed by atoms with Gasteiger partial charge in [-0.3, -0.25) is 0 Å². The molecular formula is C13H19NO2. The van der Waals surface area contributed by atoms with Crippen LogP contribution in [0.15, 0.2) is 12.1 Å². The lowest BCUT2D eigenvalue weighted by molar-refractivity contribution is 0.122. The number of nitrogens with zero attached hydrogens (tertiary/aromatic N) is 1. The molecule has 88 valence electrons. The smallest absolute Gasteiger partial charge is 0.122 e. The van der Waals surface area contributed by atoms with Crippen LogP contribution < -0.4 is 9.64 Å². The maximum Gasteiger partial charge on any atom is 0.122 e. The standard InChI is InChI=1S/C13H19NO2/c1-10-11(2)13(15-3)5-4-12(10)14-6-8-16-9-7-14/h4-5H,6-9H2,1-3H3. The van der Waals surface area contributed by atoms with Crippen molar-refractivity contribution in [2.45, 2.75) is 13.8 Å². The summed E-state index contributed by atoms with van der Waals surface area (Å²) in [5, 5.41) is 0. The van der Waals surface area contributed by atoms with Crippen LogP contribution >= 0.6 is 0 Å². The Bertz CT molecular complexity index is 370. The Kier molecular flexibility index (Phi) is 3.34. The largest absolute Gasteiger partial charge is 0.496 e. The van der Waals surface area contributed by atoms with E-state index in [1.54, 1.807) is 7.11 Å². The first-order valence-corrected chi connectivity index (χ1v) is 5.71. The van der Waals surface area contributed by atoms with E-state index < -0.39 is 0 Å². The van der Waals surface area contributed by atoms with Gasteiger partial charge in [0.2, 0.25) is 0 Å². The molecule has 3 heteroatoms. The molecule has 0 aromatic heterocycles. The monoisotopic (exact) mass is 221 g/mol. The number of ether oxygens (including phenoxy) is 2. The summed E-state index contributed by atoms with van der Waals surface area (Å²) in [6.07, 6.45) is 0. The molecule has 0 N–H and O–H groups in total. The zero-order valence-corrected chi connectivity index (χ0v) is 10.2. The molecule has 16 heavy (non-hydrogen) atoms. The number of anilines is 1. The molecule has 0 bridgehead atoms. The molecule has 1 saturated heterocycles. The Morgan fingerprint density at radius 2 is 1.81 bits per heavy atom. The second-order valence-electron chi connectivity index (χ2n) is 4.14. The van der Waals surface area contributed by atoms with Crippen LogP contribution in [0.25, 0.3) is 0 Å². The third-order valence-corrected chi connectivity index (χ3v) is 3.28. The molecule has 0 amide bonds. The van der Waals surface area contributed by atoms with E-state index in [0.29, 0.717) is 0 Å². The number of rotatable bonds is 2. The molecule has 1 aliphatic heterocycles. The van der Waals surface area contributed by atoms with Crippen LogP contribution in [0.4, 0.5) is 5.69 Å². The van der Waals surface area contributed by atoms with Crippen LogP contribution in [0.3, 0.4) is 0 Å². The molecule has 1 aromatic carbocycles. The predicted molar refractivity (Wildman–Crippen MR) is 65.5 cm³/mol. The molecule has 1 aliphatic rings. The lowest BCUT2D eigenvalue weighted by Gasteiger charge is -2.31. The van der Waals surface area contributed by atoms with Crippen molar-refractivity contribution in [3.63, 3.8) is 0 Å². The summed E-state index contributed by atoms with van der Waals surface area (Å²) in [4.78, 5) is 2.38. The van der Waals surface area contributed by atoms with Gasteiger partial charge in [-0.25, -0.2) is 0 Å². The number of hydrogen-bond acceptors (Lipinski definition) is 3. The Hall–Kier alpha value is -1.22. The van der Waals surface area contributed by atoms with Crippen LogP contribution in [0.5, 0.6) is 5.75 Å². The number of benzene rings is 1. The Labute approximate surface area is 97.0 Å². The molecular weight excluding hydrogens is 202 g/mol. The highest BCUT2D eigenvalue weighted by Crippen LogP contribution is 2.30. The summed E-state index contributed by atoms with van der Waals surface area (Å²) in [5.74, 6) is 0.967. The topological polar surface area (TPSA) is 21.7 Å². The Morgan fingerprint density at radius 3 is 2.44 bits per heavy atom. The summed E-state index contributed by atoms with van der Waals surface area (Å²) in [5.41, 5.74) is 3.84. The normalized spacial score (nSPS) is 16.3. The van der Waals surface area contributed by atoms with Crippen molar-refractivity contribution in [3.05, 3.63) is 23.3 Å². The van der Waals surface area contributed by atoms with Gasteiger partial charge in [0.05, 0.1) is 20.3 Å². The third-order valence-electron chi connectivity index (χ3n) is 3.28. The number of hydrogen-bond donors (Lipinski definition) is 0. The van der Waals surface area contributed by atoms with Gasteiger partial charge in [-0.05, 0) is 37.1 Å². The van der Waals surface area contributed by atoms with E-state index in [-0.39, 0.29) is 0 Å². The van der Waals surface area contributed by atoms with Crippen LogP contribution in [-0.4, -0.2) is 33.4 Å². The second-order valence-corrected chi connectivity index (χ2v) is 4.14. The first-order valence-electron chi connectivity index (χ1n) is 5.71. The van der Waals surface area contributed by atoms with Crippen LogP contribution in [0.1, 0.15) is 11.1 Å². The minimum atomic E-state index is 0.824. The first-order chi connectivity index (χ1) is 7.74. The van der Waals surface area contributed by atoms with Crippen molar-refractivity contribution < 1.29 is 9.47 Å². The molecule has 3 nitrogen and oxygen atoms in total. The van der Waals surface area contributed by atoms with Crippen molar-refractivity contribution in [1.82, 2.24) is 0 Å². The zero-order chi connectivity index (χ0) is 11.5. The zero-order valence-electron chi connectivity index (χ0n) is 10.2. The Balaban J connectivity index is 2.30. The van der Waals surface area contributed by atoms with E-state index in [1.807, 2.05) is 6.07 Å². The summed E-state index contributed by atoms with van der Waals surface area (Å²) in [6, 6.07) is 4.19. The van der Waals surface area contributed by atoms with E-state index in [0.717, 1.165) is 32.1 Å². The Morgan fingerprint density at radius 1 is 1.12 bits per heavy atom. The fraction of sp³-hybridized carbons (Fsp3) is 0.538. The number of methoxy groups -OCH3 is 1. The molecule has 1 fully saturated rings. The van der Waals surface area contributed by atoms with E-state index in [9.17, 15) is 0 Å². The maximum atomic E-state index is 5.37. The average Bonchev–Trinajstić information content (AvgIpc) is 2.34. The summed E-state index contributed by atoms with van der Waals surface area (Å²) < 4.78 is 10.7. The van der Waals surface area contributed by atoms with Gasteiger partial charge in [0.15, 0.2) is 0 Å². The molecule has 0 aliphatic carbocycles. The van der Waals surface area contributed by atoms with Crippen LogP contribution in [0, 0.1) is 13.8 Å². The second kappa shape index (κ2) is 4.74. The minimum absolute atomic E-state index is 0.824. The highest BCUT2D eigenvalue weighted by molar-refractivity contribution is 5.60. The summed E-state index contributed by atoms with van der Waals surface area (Å²) >= 11 is 0. The van der Waals surface area contributed by atoms with Gasteiger partial charge in [0.1, 0.15) is 5.75 Å². The van der Waals surface area contributed by atoms with E-state index >= 15 is 0 Å². The quantitative estimate of drug-likeness (QED) is 0.763. The first kappa shape index (κ1) is 11.3. The SMILES string of the molecule is COc1ccc(N2CCOCC2)c(C)c1C. The van der Waals surface area contributed by atoms with E-state index in [2.05, 4.69) is 24.8 Å². The van der Waals surface area contributed by atoms with Gasteiger partial charge in [-0.1, -0.05) is 0 Å². The van der Waals surface area contributed by atoms with Gasteiger partial charge in [0, 0.05) is 18.8 Å². The highest BCUT2D eigenvalue weighted by Gasteiger charge is 2.15. The fourth-order valence-electron chi connectivity index (χ4n) is 2.15. The highest BCUT2D eigenvalue weighted by atomic mass is 16.5. The third kappa shape index (κ3) is 2.00. The van der Waals surface area contributed by atoms with Gasteiger partial charge in [-0.15, -0.1) is 0 Å². The molecule has 0 spiro atoms. The summed E-state index contributed by atoms with van der Waals surface area (Å²) in [7, 11) is 1.72. The van der Waals surface area contributed by atoms with Crippen molar-refractivity contribution >= 4 is 5.69 Å². The average molecular weight is 221 g/mol.